The van der Waals surface area contributed by atoms with Crippen molar-refractivity contribution in [1.82, 2.24) is 10.0 Å². The van der Waals surface area contributed by atoms with Gasteiger partial charge in [-0.25, -0.2) is 22.3 Å². The molecular weight excluding hydrogens is 363 g/mol. The van der Waals surface area contributed by atoms with E-state index in [2.05, 4.69) is 10.0 Å². The second-order valence-electron chi connectivity index (χ2n) is 4.54. The van der Waals surface area contributed by atoms with Crippen molar-refractivity contribution in [2.75, 3.05) is 40.0 Å². The number of benzene rings is 1. The number of rotatable bonds is 10. The van der Waals surface area contributed by atoms with Crippen molar-refractivity contribution < 1.29 is 27.1 Å². The lowest BCUT2D eigenvalue weighted by Gasteiger charge is -2.09. The molecule has 0 aromatic heterocycles. The van der Waals surface area contributed by atoms with Gasteiger partial charge in [0.05, 0.1) is 23.7 Å². The van der Waals surface area contributed by atoms with Gasteiger partial charge in [0.2, 0.25) is 10.0 Å². The van der Waals surface area contributed by atoms with E-state index < -0.39 is 21.8 Å². The van der Waals surface area contributed by atoms with Crippen molar-refractivity contribution >= 4 is 28.4 Å². The molecule has 0 spiro atoms. The largest absolute Gasteiger partial charge is 0.462 e. The Morgan fingerprint density at radius 1 is 1.21 bits per heavy atom. The number of ether oxygens (including phenoxy) is 2. The number of hydrogen-bond acceptors (Lipinski definition) is 6. The van der Waals surface area contributed by atoms with E-state index in [-0.39, 0.29) is 36.0 Å². The first kappa shape index (κ1) is 22.7. The fraction of sp³-hybridized carbons (Fsp3) is 0.500. The standard InChI is InChI=1S/C14H21FN2O5S.ClH/c1-3-22-14(18)11-8-12(15)10-13(9-11)23(19,20)17-5-4-16-6-7-21-2;/h8-10,16-17H,3-7H2,1-2H3;1H. The van der Waals surface area contributed by atoms with Gasteiger partial charge >= 0.3 is 5.97 Å². The van der Waals surface area contributed by atoms with E-state index in [1.165, 1.54) is 0 Å². The zero-order valence-electron chi connectivity index (χ0n) is 13.5. The van der Waals surface area contributed by atoms with Crippen molar-refractivity contribution in [3.05, 3.63) is 29.6 Å². The second-order valence-corrected chi connectivity index (χ2v) is 6.30. The predicted octanol–water partition coefficient (Wildman–Crippen LogP) is 0.939. The lowest BCUT2D eigenvalue weighted by molar-refractivity contribution is 0.0525. The smallest absolute Gasteiger partial charge is 0.338 e. The molecule has 24 heavy (non-hydrogen) atoms. The van der Waals surface area contributed by atoms with Gasteiger partial charge in [0, 0.05) is 26.7 Å². The Balaban J connectivity index is 0.00000529. The second kappa shape index (κ2) is 11.3. The minimum atomic E-state index is -3.92. The molecule has 0 fully saturated rings. The van der Waals surface area contributed by atoms with Gasteiger partial charge in [0.1, 0.15) is 5.82 Å². The molecule has 1 aromatic carbocycles. The molecule has 0 aliphatic rings. The molecule has 1 rings (SSSR count). The maximum Gasteiger partial charge on any atom is 0.338 e. The Morgan fingerprint density at radius 2 is 1.92 bits per heavy atom. The summed E-state index contributed by atoms with van der Waals surface area (Å²) in [5.41, 5.74) is -0.148. The van der Waals surface area contributed by atoms with Gasteiger partial charge < -0.3 is 14.8 Å². The van der Waals surface area contributed by atoms with E-state index in [4.69, 9.17) is 9.47 Å². The molecule has 0 atom stereocenters. The molecular formula is C14H22ClFN2O5S. The Labute approximate surface area is 147 Å². The van der Waals surface area contributed by atoms with Crippen LogP contribution in [0.3, 0.4) is 0 Å². The van der Waals surface area contributed by atoms with Crippen molar-refractivity contribution in [2.45, 2.75) is 11.8 Å². The van der Waals surface area contributed by atoms with Crippen LogP contribution < -0.4 is 10.0 Å². The van der Waals surface area contributed by atoms with Crippen LogP contribution in [-0.2, 0) is 19.5 Å². The first-order valence-corrected chi connectivity index (χ1v) is 8.56. The highest BCUT2D eigenvalue weighted by Crippen LogP contribution is 2.15. The zero-order valence-corrected chi connectivity index (χ0v) is 15.1. The number of hydrogen-bond donors (Lipinski definition) is 2. The summed E-state index contributed by atoms with van der Waals surface area (Å²) in [7, 11) is -2.35. The number of sulfonamides is 1. The van der Waals surface area contributed by atoms with Crippen molar-refractivity contribution in [3.63, 3.8) is 0 Å². The molecule has 0 aliphatic heterocycles. The minimum absolute atomic E-state index is 0. The van der Waals surface area contributed by atoms with Crippen molar-refractivity contribution in [2.24, 2.45) is 0 Å². The lowest BCUT2D eigenvalue weighted by atomic mass is 10.2. The molecule has 0 bridgehead atoms. The number of halogens is 2. The summed E-state index contributed by atoms with van der Waals surface area (Å²) in [5.74, 6) is -1.60. The maximum atomic E-state index is 13.6. The van der Waals surface area contributed by atoms with Gasteiger partial charge in [-0.15, -0.1) is 12.4 Å². The van der Waals surface area contributed by atoms with Crippen LogP contribution in [0.4, 0.5) is 4.39 Å². The fourth-order valence-electron chi connectivity index (χ4n) is 1.71. The molecule has 7 nitrogen and oxygen atoms in total. The van der Waals surface area contributed by atoms with E-state index in [0.717, 1.165) is 18.2 Å². The van der Waals surface area contributed by atoms with Crippen LogP contribution in [-0.4, -0.2) is 54.3 Å². The number of methoxy groups -OCH3 is 1. The SMILES string of the molecule is CCOC(=O)c1cc(F)cc(S(=O)(=O)NCCNCCOC)c1.Cl. The normalized spacial score (nSPS) is 11.0. The van der Waals surface area contributed by atoms with Crippen LogP contribution in [0.15, 0.2) is 23.1 Å². The molecule has 0 radical (unpaired) electrons. The monoisotopic (exact) mass is 384 g/mol. The first-order valence-electron chi connectivity index (χ1n) is 7.07. The van der Waals surface area contributed by atoms with Gasteiger partial charge in [-0.2, -0.15) is 0 Å². The highest BCUT2D eigenvalue weighted by Gasteiger charge is 2.18. The predicted molar refractivity (Wildman–Crippen MR) is 89.5 cm³/mol. The van der Waals surface area contributed by atoms with Crippen LogP contribution in [0.2, 0.25) is 0 Å². The summed E-state index contributed by atoms with van der Waals surface area (Å²) in [4.78, 5) is 11.3. The average molecular weight is 385 g/mol. The highest BCUT2D eigenvalue weighted by atomic mass is 35.5. The number of nitrogens with one attached hydrogen (secondary N) is 2. The summed E-state index contributed by atoms with van der Waals surface area (Å²) in [5, 5.41) is 2.97. The average Bonchev–Trinajstić information content (AvgIpc) is 2.50. The van der Waals surface area contributed by atoms with Gasteiger partial charge in [-0.05, 0) is 25.1 Å². The third kappa shape index (κ3) is 7.54. The summed E-state index contributed by atoms with van der Waals surface area (Å²) in [6.45, 7) is 3.33. The van der Waals surface area contributed by atoms with E-state index in [0.29, 0.717) is 19.7 Å². The molecule has 2 N–H and O–H groups in total. The fourth-order valence-corrected chi connectivity index (χ4v) is 2.79. The summed E-state index contributed by atoms with van der Waals surface area (Å²) < 4.78 is 49.7. The molecule has 0 saturated heterocycles. The molecule has 138 valence electrons. The number of carbonyl (C=O) groups is 1. The maximum absolute atomic E-state index is 13.6. The number of carbonyl (C=O) groups excluding carboxylic acids is 1. The van der Waals surface area contributed by atoms with Crippen LogP contribution in [0.1, 0.15) is 17.3 Å². The Kier molecular flexibility index (Phi) is 10.7. The van der Waals surface area contributed by atoms with E-state index in [9.17, 15) is 17.6 Å². The molecule has 0 heterocycles. The Hall–Kier alpha value is -1.26. The quantitative estimate of drug-likeness (QED) is 0.460. The molecule has 1 aromatic rings. The summed E-state index contributed by atoms with van der Waals surface area (Å²) in [6, 6.07) is 2.87. The topological polar surface area (TPSA) is 93.7 Å². The molecule has 0 aliphatic carbocycles. The Bertz CT molecular complexity index is 628. The van der Waals surface area contributed by atoms with E-state index in [1.807, 2.05) is 0 Å². The van der Waals surface area contributed by atoms with Crippen LogP contribution in [0, 0.1) is 5.82 Å². The van der Waals surface area contributed by atoms with Crippen LogP contribution >= 0.6 is 12.4 Å². The molecule has 0 amide bonds. The molecule has 10 heteroatoms. The van der Waals surface area contributed by atoms with Gasteiger partial charge in [-0.1, -0.05) is 0 Å². The van der Waals surface area contributed by atoms with Crippen molar-refractivity contribution in [1.29, 1.82) is 0 Å². The number of esters is 1. The summed E-state index contributed by atoms with van der Waals surface area (Å²) >= 11 is 0. The minimum Gasteiger partial charge on any atom is -0.462 e. The third-order valence-corrected chi connectivity index (χ3v) is 4.21. The molecule has 0 saturated carbocycles. The van der Waals surface area contributed by atoms with Crippen molar-refractivity contribution in [3.8, 4) is 0 Å². The van der Waals surface area contributed by atoms with E-state index >= 15 is 0 Å². The van der Waals surface area contributed by atoms with E-state index in [1.54, 1.807) is 14.0 Å². The van der Waals surface area contributed by atoms with Gasteiger partial charge in [0.25, 0.3) is 0 Å². The van der Waals surface area contributed by atoms with Gasteiger partial charge in [0.15, 0.2) is 0 Å². The Morgan fingerprint density at radius 3 is 2.54 bits per heavy atom. The van der Waals surface area contributed by atoms with Crippen LogP contribution in [0.5, 0.6) is 0 Å². The molecule has 0 unspecified atom stereocenters. The highest BCUT2D eigenvalue weighted by molar-refractivity contribution is 7.89. The zero-order chi connectivity index (χ0) is 17.3. The van der Waals surface area contributed by atoms with Crippen LogP contribution in [0.25, 0.3) is 0 Å². The summed E-state index contributed by atoms with van der Waals surface area (Å²) in [6.07, 6.45) is 0. The first-order chi connectivity index (χ1) is 10.9. The third-order valence-electron chi connectivity index (χ3n) is 2.77. The lowest BCUT2D eigenvalue weighted by Crippen LogP contribution is -2.33. The van der Waals surface area contributed by atoms with Gasteiger partial charge in [-0.3, -0.25) is 0 Å².